The molecule has 4 bridgehead atoms. The Hall–Kier alpha value is -1.11. The predicted molar refractivity (Wildman–Crippen MR) is 108 cm³/mol. The van der Waals surface area contributed by atoms with Gasteiger partial charge in [0.2, 0.25) is 10.0 Å². The van der Waals surface area contributed by atoms with E-state index in [-0.39, 0.29) is 0 Å². The molecular weight excluding hydrogens is 372 g/mol. The van der Waals surface area contributed by atoms with Gasteiger partial charge in [-0.05, 0) is 61.6 Å². The van der Waals surface area contributed by atoms with Crippen molar-refractivity contribution in [3.63, 3.8) is 0 Å². The number of piperazine rings is 1. The molecule has 5 fully saturated rings. The minimum atomic E-state index is -3.51. The molecule has 0 atom stereocenters. The molecule has 1 aromatic carbocycles. The summed E-state index contributed by atoms with van der Waals surface area (Å²) in [5.41, 5.74) is 1.39. The number of methoxy groups -OCH3 is 1. The fourth-order valence-electron chi connectivity index (χ4n) is 7.20. The van der Waals surface area contributed by atoms with Gasteiger partial charge in [-0.15, -0.1) is 0 Å². The molecule has 1 aliphatic heterocycles. The molecular formula is C22H33N2O3S+. The summed E-state index contributed by atoms with van der Waals surface area (Å²) in [5.74, 6) is 3.27. The number of aryl methyl sites for hydroxylation is 1. The number of quaternary nitrogens is 1. The highest BCUT2D eigenvalue weighted by atomic mass is 32.2. The number of hydrogen-bond acceptors (Lipinski definition) is 3. The van der Waals surface area contributed by atoms with Crippen molar-refractivity contribution in [3.8, 4) is 5.75 Å². The molecule has 5 nitrogen and oxygen atoms in total. The highest BCUT2D eigenvalue weighted by Crippen LogP contribution is 2.54. The minimum absolute atomic E-state index is 0.313. The van der Waals surface area contributed by atoms with Crippen molar-refractivity contribution in [2.24, 2.45) is 17.8 Å². The molecule has 0 unspecified atom stereocenters. The summed E-state index contributed by atoms with van der Waals surface area (Å²) in [6, 6.07) is 5.40. The molecule has 4 saturated carbocycles. The number of sulfonamides is 1. The van der Waals surface area contributed by atoms with Gasteiger partial charge in [-0.25, -0.2) is 8.42 Å². The first kappa shape index (κ1) is 18.9. The molecule has 1 N–H and O–H groups in total. The quantitative estimate of drug-likeness (QED) is 0.832. The smallest absolute Gasteiger partial charge is 0.247 e. The number of ether oxygens (including phenoxy) is 1. The zero-order chi connectivity index (χ0) is 19.5. The van der Waals surface area contributed by atoms with Gasteiger partial charge in [0.05, 0.1) is 38.8 Å². The van der Waals surface area contributed by atoms with E-state index in [0.29, 0.717) is 29.3 Å². The Kier molecular flexibility index (Phi) is 4.53. The van der Waals surface area contributed by atoms with Crippen LogP contribution in [0.2, 0.25) is 0 Å². The van der Waals surface area contributed by atoms with Gasteiger partial charge < -0.3 is 9.64 Å². The molecule has 0 spiro atoms. The Labute approximate surface area is 169 Å². The van der Waals surface area contributed by atoms with Crippen LogP contribution in [-0.2, 0) is 10.0 Å². The third kappa shape index (κ3) is 2.99. The highest BCUT2D eigenvalue weighted by Gasteiger charge is 2.56. The number of benzene rings is 1. The van der Waals surface area contributed by atoms with Gasteiger partial charge in [0, 0.05) is 19.3 Å². The number of hydrogen-bond donors (Lipinski definition) is 1. The predicted octanol–water partition coefficient (Wildman–Crippen LogP) is 1.86. The van der Waals surface area contributed by atoms with Crippen LogP contribution in [-0.4, -0.2) is 51.6 Å². The van der Waals surface area contributed by atoms with E-state index in [1.54, 1.807) is 28.4 Å². The van der Waals surface area contributed by atoms with Gasteiger partial charge in [0.15, 0.2) is 0 Å². The second-order valence-corrected chi connectivity index (χ2v) is 11.8. The summed E-state index contributed by atoms with van der Waals surface area (Å²) in [5, 5.41) is 0. The van der Waals surface area contributed by atoms with Crippen LogP contribution in [0.1, 0.15) is 44.1 Å². The number of rotatable bonds is 4. The summed E-state index contributed by atoms with van der Waals surface area (Å²) >= 11 is 0. The van der Waals surface area contributed by atoms with Crippen LogP contribution in [0, 0.1) is 24.7 Å². The van der Waals surface area contributed by atoms with Crippen molar-refractivity contribution in [2.45, 2.75) is 55.9 Å². The van der Waals surface area contributed by atoms with Crippen LogP contribution in [0.3, 0.4) is 0 Å². The normalized spacial score (nSPS) is 36.0. The maximum Gasteiger partial charge on any atom is 0.247 e. The largest absolute Gasteiger partial charge is 0.495 e. The molecule has 0 aromatic heterocycles. The van der Waals surface area contributed by atoms with Crippen LogP contribution in [0.15, 0.2) is 23.1 Å². The molecule has 0 amide bonds. The van der Waals surface area contributed by atoms with Crippen LogP contribution in [0.4, 0.5) is 0 Å². The average molecular weight is 406 g/mol. The SMILES string of the molecule is COc1ccc(C)cc1S(=O)(=O)N1CC[NH+](C23CC4CC(CC(C4)C2)C3)CC1. The molecule has 1 saturated heterocycles. The van der Waals surface area contributed by atoms with Crippen LogP contribution < -0.4 is 9.64 Å². The summed E-state index contributed by atoms with van der Waals surface area (Å²) < 4.78 is 33.7. The molecule has 1 heterocycles. The Bertz CT molecular complexity index is 823. The van der Waals surface area contributed by atoms with E-state index in [2.05, 4.69) is 0 Å². The van der Waals surface area contributed by atoms with Crippen molar-refractivity contribution in [2.75, 3.05) is 33.3 Å². The minimum Gasteiger partial charge on any atom is -0.495 e. The van der Waals surface area contributed by atoms with E-state index in [1.807, 2.05) is 13.0 Å². The van der Waals surface area contributed by atoms with Crippen LogP contribution in [0.25, 0.3) is 0 Å². The Morgan fingerprint density at radius 1 is 1.04 bits per heavy atom. The Morgan fingerprint density at radius 3 is 2.14 bits per heavy atom. The zero-order valence-corrected chi connectivity index (χ0v) is 17.9. The lowest BCUT2D eigenvalue weighted by Gasteiger charge is -2.59. The van der Waals surface area contributed by atoms with E-state index in [0.717, 1.165) is 36.4 Å². The third-order valence-electron chi connectivity index (χ3n) is 8.05. The monoisotopic (exact) mass is 405 g/mol. The zero-order valence-electron chi connectivity index (χ0n) is 17.1. The van der Waals surface area contributed by atoms with E-state index in [1.165, 1.54) is 38.5 Å². The van der Waals surface area contributed by atoms with Gasteiger partial charge in [-0.3, -0.25) is 0 Å². The van der Waals surface area contributed by atoms with Crippen molar-refractivity contribution < 1.29 is 18.1 Å². The summed E-state index contributed by atoms with van der Waals surface area (Å²) in [4.78, 5) is 2.00. The lowest BCUT2D eigenvalue weighted by molar-refractivity contribution is -0.962. The van der Waals surface area contributed by atoms with Crippen molar-refractivity contribution in [1.82, 2.24) is 4.31 Å². The first-order valence-corrected chi connectivity index (χ1v) is 12.3. The molecule has 28 heavy (non-hydrogen) atoms. The molecule has 6 heteroatoms. The van der Waals surface area contributed by atoms with Crippen molar-refractivity contribution in [1.29, 1.82) is 0 Å². The van der Waals surface area contributed by atoms with Crippen molar-refractivity contribution >= 4 is 10.0 Å². The topological polar surface area (TPSA) is 51.1 Å². The van der Waals surface area contributed by atoms with Crippen LogP contribution >= 0.6 is 0 Å². The Balaban J connectivity index is 1.33. The van der Waals surface area contributed by atoms with Gasteiger partial charge in [0.25, 0.3) is 0 Å². The molecule has 6 rings (SSSR count). The molecule has 5 aliphatic rings. The maximum atomic E-state index is 13.3. The highest BCUT2D eigenvalue weighted by molar-refractivity contribution is 7.89. The van der Waals surface area contributed by atoms with Crippen LogP contribution in [0.5, 0.6) is 5.75 Å². The van der Waals surface area contributed by atoms with E-state index in [4.69, 9.17) is 4.74 Å². The maximum absolute atomic E-state index is 13.3. The Morgan fingerprint density at radius 2 is 1.61 bits per heavy atom. The summed E-state index contributed by atoms with van der Waals surface area (Å²) in [6.45, 7) is 5.06. The van der Waals surface area contributed by atoms with E-state index in [9.17, 15) is 8.42 Å². The fourth-order valence-corrected chi connectivity index (χ4v) is 8.88. The van der Waals surface area contributed by atoms with Gasteiger partial charge in [-0.1, -0.05) is 6.07 Å². The van der Waals surface area contributed by atoms with Gasteiger partial charge in [-0.2, -0.15) is 4.31 Å². The fraction of sp³-hybridized carbons (Fsp3) is 0.727. The number of nitrogens with one attached hydrogen (secondary N) is 1. The molecule has 1 aromatic rings. The molecule has 154 valence electrons. The average Bonchev–Trinajstić information content (AvgIpc) is 2.67. The number of nitrogens with zero attached hydrogens (tertiary/aromatic N) is 1. The first-order chi connectivity index (χ1) is 13.4. The lowest BCUT2D eigenvalue weighted by Crippen LogP contribution is -3.23. The standard InChI is InChI=1S/C22H32N2O3S/c1-16-3-4-20(27-2)21(9-16)28(25,26)24-7-5-23(6-8-24)22-13-17-10-18(14-22)12-19(11-17)15-22/h3-4,9,17-19H,5-8,10-15H2,1-2H3/p+1. The second-order valence-electron chi connectivity index (χ2n) is 9.86. The van der Waals surface area contributed by atoms with Crippen molar-refractivity contribution in [3.05, 3.63) is 23.8 Å². The lowest BCUT2D eigenvalue weighted by atomic mass is 9.52. The molecule has 0 radical (unpaired) electrons. The molecule has 4 aliphatic carbocycles. The van der Waals surface area contributed by atoms with E-state index >= 15 is 0 Å². The summed E-state index contributed by atoms with van der Waals surface area (Å²) in [6.07, 6.45) is 8.52. The second kappa shape index (κ2) is 6.71. The first-order valence-electron chi connectivity index (χ1n) is 10.9. The van der Waals surface area contributed by atoms with Gasteiger partial charge >= 0.3 is 0 Å². The van der Waals surface area contributed by atoms with E-state index < -0.39 is 10.0 Å². The third-order valence-corrected chi connectivity index (χ3v) is 9.97. The van der Waals surface area contributed by atoms with Gasteiger partial charge in [0.1, 0.15) is 10.6 Å². The summed E-state index contributed by atoms with van der Waals surface area (Å²) in [7, 11) is -1.97.